The molecule has 0 aromatic heterocycles. The van der Waals surface area contributed by atoms with Crippen LogP contribution in [0.4, 0.5) is 4.39 Å². The minimum Gasteiger partial charge on any atom is -0.484 e. The summed E-state index contributed by atoms with van der Waals surface area (Å²) in [4.78, 5) is 13.3. The van der Waals surface area contributed by atoms with Crippen molar-refractivity contribution in [1.29, 1.82) is 0 Å². The van der Waals surface area contributed by atoms with Gasteiger partial charge in [0.05, 0.1) is 5.60 Å². The topological polar surface area (TPSA) is 49.8 Å². The molecule has 1 aliphatic heterocycles. The molecule has 1 aromatic carbocycles. The predicted molar refractivity (Wildman–Crippen MR) is 63.7 cm³/mol. The minimum atomic E-state index is -0.811. The van der Waals surface area contributed by atoms with Crippen LogP contribution in [0.5, 0.6) is 5.75 Å². The minimum absolute atomic E-state index is 0.139. The van der Waals surface area contributed by atoms with Crippen LogP contribution in [-0.4, -0.2) is 41.2 Å². The van der Waals surface area contributed by atoms with Crippen molar-refractivity contribution in [1.82, 2.24) is 4.90 Å². The van der Waals surface area contributed by atoms with Gasteiger partial charge in [-0.3, -0.25) is 4.79 Å². The lowest BCUT2D eigenvalue weighted by molar-refractivity contribution is -0.133. The van der Waals surface area contributed by atoms with Gasteiger partial charge in [0.2, 0.25) is 0 Å². The average molecular weight is 253 g/mol. The van der Waals surface area contributed by atoms with Crippen molar-refractivity contribution < 1.29 is 19.0 Å². The maximum absolute atomic E-state index is 12.9. The van der Waals surface area contributed by atoms with Crippen molar-refractivity contribution in [3.8, 4) is 5.75 Å². The average Bonchev–Trinajstić information content (AvgIpc) is 2.67. The van der Waals surface area contributed by atoms with E-state index in [1.54, 1.807) is 17.9 Å². The molecule has 98 valence electrons. The third-order valence-corrected chi connectivity index (χ3v) is 2.96. The first-order valence-corrected chi connectivity index (χ1v) is 5.85. The number of β-amino-alcohol motifs (C(OH)–C–C–N with tert-alkyl or cyclic N) is 1. The van der Waals surface area contributed by atoms with Gasteiger partial charge < -0.3 is 14.7 Å². The Kier molecular flexibility index (Phi) is 3.52. The summed E-state index contributed by atoms with van der Waals surface area (Å²) in [5, 5.41) is 9.75. The number of likely N-dealkylation sites (tertiary alicyclic amines) is 1. The van der Waals surface area contributed by atoms with E-state index in [-0.39, 0.29) is 12.5 Å². The fourth-order valence-electron chi connectivity index (χ4n) is 1.95. The molecule has 0 aliphatic carbocycles. The number of ether oxygens (including phenoxy) is 1. The largest absolute Gasteiger partial charge is 0.484 e. The van der Waals surface area contributed by atoms with Crippen molar-refractivity contribution in [2.24, 2.45) is 0 Å². The van der Waals surface area contributed by atoms with E-state index in [4.69, 9.17) is 4.74 Å². The molecule has 0 spiro atoms. The van der Waals surface area contributed by atoms with Gasteiger partial charge in [0.25, 0.3) is 5.91 Å². The Balaban J connectivity index is 1.86. The van der Waals surface area contributed by atoms with Crippen molar-refractivity contribution in [3.05, 3.63) is 30.1 Å². The highest BCUT2D eigenvalue weighted by Crippen LogP contribution is 2.20. The summed E-state index contributed by atoms with van der Waals surface area (Å²) in [6, 6.07) is 5.66. The third kappa shape index (κ3) is 3.20. The Morgan fingerprint density at radius 3 is 3.00 bits per heavy atom. The Bertz CT molecular complexity index is 448. The molecule has 2 rings (SSSR count). The second-order valence-electron chi connectivity index (χ2n) is 4.81. The fourth-order valence-corrected chi connectivity index (χ4v) is 1.95. The molecule has 1 unspecified atom stereocenters. The molecule has 18 heavy (non-hydrogen) atoms. The summed E-state index contributed by atoms with van der Waals surface area (Å²) in [5.74, 6) is -0.268. The van der Waals surface area contributed by atoms with Gasteiger partial charge in [-0.15, -0.1) is 0 Å². The number of benzene rings is 1. The lowest BCUT2D eigenvalue weighted by atomic mass is 10.1. The van der Waals surface area contributed by atoms with Gasteiger partial charge in [-0.05, 0) is 25.5 Å². The van der Waals surface area contributed by atoms with Crippen LogP contribution in [0.2, 0.25) is 0 Å². The highest BCUT2D eigenvalue weighted by Gasteiger charge is 2.33. The lowest BCUT2D eigenvalue weighted by Gasteiger charge is -2.19. The molecule has 0 bridgehead atoms. The van der Waals surface area contributed by atoms with Gasteiger partial charge in [-0.1, -0.05) is 6.07 Å². The van der Waals surface area contributed by atoms with E-state index in [9.17, 15) is 14.3 Å². The normalized spacial score (nSPS) is 23.2. The summed E-state index contributed by atoms with van der Waals surface area (Å²) < 4.78 is 18.1. The van der Waals surface area contributed by atoms with E-state index in [0.717, 1.165) is 0 Å². The van der Waals surface area contributed by atoms with Crippen LogP contribution in [0.15, 0.2) is 24.3 Å². The van der Waals surface area contributed by atoms with Gasteiger partial charge in [0.15, 0.2) is 6.61 Å². The van der Waals surface area contributed by atoms with E-state index in [2.05, 4.69) is 0 Å². The number of aliphatic hydroxyl groups is 1. The zero-order valence-corrected chi connectivity index (χ0v) is 10.2. The quantitative estimate of drug-likeness (QED) is 0.880. The van der Waals surface area contributed by atoms with E-state index in [0.29, 0.717) is 25.3 Å². The first kappa shape index (κ1) is 12.8. The Labute approximate surface area is 105 Å². The summed E-state index contributed by atoms with van der Waals surface area (Å²) in [7, 11) is 0. The summed E-state index contributed by atoms with van der Waals surface area (Å²) in [6.45, 7) is 2.41. The van der Waals surface area contributed by atoms with Crippen LogP contribution >= 0.6 is 0 Å². The molecule has 1 aromatic rings. The van der Waals surface area contributed by atoms with Crippen LogP contribution in [-0.2, 0) is 4.79 Å². The fraction of sp³-hybridized carbons (Fsp3) is 0.462. The second kappa shape index (κ2) is 4.94. The summed E-state index contributed by atoms with van der Waals surface area (Å²) in [6.07, 6.45) is 0.568. The van der Waals surface area contributed by atoms with Gasteiger partial charge >= 0.3 is 0 Å². The van der Waals surface area contributed by atoms with Crippen LogP contribution < -0.4 is 4.74 Å². The molecule has 1 aliphatic rings. The Morgan fingerprint density at radius 1 is 1.61 bits per heavy atom. The molecule has 0 saturated carbocycles. The number of rotatable bonds is 3. The van der Waals surface area contributed by atoms with Crippen LogP contribution in [0.25, 0.3) is 0 Å². The monoisotopic (exact) mass is 253 g/mol. The molecule has 1 saturated heterocycles. The number of halogens is 1. The molecular formula is C13H16FNO3. The number of amides is 1. The second-order valence-corrected chi connectivity index (χ2v) is 4.81. The number of carbonyl (C=O) groups is 1. The lowest BCUT2D eigenvalue weighted by Crippen LogP contribution is -2.36. The molecule has 0 radical (unpaired) electrons. The highest BCUT2D eigenvalue weighted by molar-refractivity contribution is 5.78. The number of hydrogen-bond acceptors (Lipinski definition) is 3. The third-order valence-electron chi connectivity index (χ3n) is 2.96. The Morgan fingerprint density at radius 2 is 2.39 bits per heavy atom. The van der Waals surface area contributed by atoms with E-state index >= 15 is 0 Å². The molecule has 5 heteroatoms. The molecular weight excluding hydrogens is 237 g/mol. The van der Waals surface area contributed by atoms with Gasteiger partial charge in [-0.2, -0.15) is 0 Å². The standard InChI is InChI=1S/C13H16FNO3/c1-13(17)5-6-15(9-13)12(16)8-18-11-4-2-3-10(14)7-11/h2-4,7,17H,5-6,8-9H2,1H3. The number of carbonyl (C=O) groups excluding carboxylic acids is 1. The summed E-state index contributed by atoms with van der Waals surface area (Å²) in [5.41, 5.74) is -0.811. The maximum Gasteiger partial charge on any atom is 0.260 e. The zero-order chi connectivity index (χ0) is 13.2. The molecule has 4 nitrogen and oxygen atoms in total. The van der Waals surface area contributed by atoms with E-state index in [1.165, 1.54) is 18.2 Å². The highest BCUT2D eigenvalue weighted by atomic mass is 19.1. The van der Waals surface area contributed by atoms with Crippen LogP contribution in [0.1, 0.15) is 13.3 Å². The first-order valence-electron chi connectivity index (χ1n) is 5.85. The van der Waals surface area contributed by atoms with Gasteiger partial charge in [0, 0.05) is 19.2 Å². The Hall–Kier alpha value is -1.62. The van der Waals surface area contributed by atoms with E-state index < -0.39 is 11.4 Å². The smallest absolute Gasteiger partial charge is 0.260 e. The first-order chi connectivity index (χ1) is 8.46. The van der Waals surface area contributed by atoms with Gasteiger partial charge in [-0.25, -0.2) is 4.39 Å². The predicted octanol–water partition coefficient (Wildman–Crippen LogP) is 1.19. The zero-order valence-electron chi connectivity index (χ0n) is 10.2. The molecule has 1 N–H and O–H groups in total. The molecule has 1 amide bonds. The molecule has 1 atom stereocenters. The summed E-state index contributed by atoms with van der Waals surface area (Å²) >= 11 is 0. The number of hydrogen-bond donors (Lipinski definition) is 1. The van der Waals surface area contributed by atoms with Crippen molar-refractivity contribution in [3.63, 3.8) is 0 Å². The number of nitrogens with zero attached hydrogens (tertiary/aromatic N) is 1. The van der Waals surface area contributed by atoms with Crippen molar-refractivity contribution in [2.75, 3.05) is 19.7 Å². The van der Waals surface area contributed by atoms with Crippen molar-refractivity contribution >= 4 is 5.91 Å². The van der Waals surface area contributed by atoms with Crippen LogP contribution in [0, 0.1) is 5.82 Å². The molecule has 1 heterocycles. The van der Waals surface area contributed by atoms with Crippen molar-refractivity contribution in [2.45, 2.75) is 18.9 Å². The molecule has 1 fully saturated rings. The SMILES string of the molecule is CC1(O)CCN(C(=O)COc2cccc(F)c2)C1. The maximum atomic E-state index is 12.9. The van der Waals surface area contributed by atoms with Gasteiger partial charge in [0.1, 0.15) is 11.6 Å². The van der Waals surface area contributed by atoms with Crippen LogP contribution in [0.3, 0.4) is 0 Å². The van der Waals surface area contributed by atoms with E-state index in [1.807, 2.05) is 0 Å².